The van der Waals surface area contributed by atoms with Gasteiger partial charge in [0.15, 0.2) is 6.23 Å². The van der Waals surface area contributed by atoms with E-state index in [-0.39, 0.29) is 29.1 Å². The van der Waals surface area contributed by atoms with E-state index in [1.165, 1.54) is 53.6 Å². The highest BCUT2D eigenvalue weighted by molar-refractivity contribution is 8.00. The molecule has 1 saturated heterocycles. The molecule has 1 fully saturated rings. The van der Waals surface area contributed by atoms with Gasteiger partial charge in [-0.3, -0.25) is 5.21 Å². The summed E-state index contributed by atoms with van der Waals surface area (Å²) in [6.07, 6.45) is -2.19. The van der Waals surface area contributed by atoms with Crippen LogP contribution in [0, 0.1) is 5.82 Å². The number of hydrogen-bond donors (Lipinski definition) is 2. The van der Waals surface area contributed by atoms with Crippen LogP contribution in [0.25, 0.3) is 0 Å². The molecule has 2 N–H and O–H groups in total. The maximum Gasteiger partial charge on any atom is 0.432 e. The molecule has 1 amide bonds. The van der Waals surface area contributed by atoms with Crippen LogP contribution in [0.4, 0.5) is 9.18 Å². The Bertz CT molecular complexity index is 970. The van der Waals surface area contributed by atoms with Crippen molar-refractivity contribution in [2.45, 2.75) is 29.9 Å². The van der Waals surface area contributed by atoms with Gasteiger partial charge in [0.1, 0.15) is 18.2 Å². The number of rotatable bonds is 6. The zero-order chi connectivity index (χ0) is 21.7. The molecule has 2 atom stereocenters. The predicted octanol–water partition coefficient (Wildman–Crippen LogP) is 2.97. The Morgan fingerprint density at radius 1 is 1.23 bits per heavy atom. The first-order valence-corrected chi connectivity index (χ1v) is 11.5. The van der Waals surface area contributed by atoms with Crippen LogP contribution in [-0.4, -0.2) is 47.8 Å². The summed E-state index contributed by atoms with van der Waals surface area (Å²) in [4.78, 5) is 11.5. The minimum absolute atomic E-state index is 0.0220. The zero-order valence-electron chi connectivity index (χ0n) is 16.0. The first-order valence-electron chi connectivity index (χ1n) is 9.03. The van der Waals surface area contributed by atoms with Crippen LogP contribution in [-0.2, 0) is 21.4 Å². The van der Waals surface area contributed by atoms with Gasteiger partial charge in [0.2, 0.25) is 10.0 Å². The fourth-order valence-electron chi connectivity index (χ4n) is 2.91. The molecule has 162 valence electrons. The third-order valence-corrected chi connectivity index (χ3v) is 7.50. The van der Waals surface area contributed by atoms with Crippen LogP contribution >= 0.6 is 11.8 Å². The molecule has 3 rings (SSSR count). The molecule has 0 bridgehead atoms. The number of nitrogens with one attached hydrogen (secondary N) is 1. The Morgan fingerprint density at radius 2 is 1.90 bits per heavy atom. The van der Waals surface area contributed by atoms with Crippen molar-refractivity contribution in [1.29, 1.82) is 0 Å². The lowest BCUT2D eigenvalue weighted by atomic mass is 10.2. The summed E-state index contributed by atoms with van der Waals surface area (Å²) in [7, 11) is -3.95. The quantitative estimate of drug-likeness (QED) is 0.509. The van der Waals surface area contributed by atoms with E-state index in [4.69, 9.17) is 14.7 Å². The third-order valence-electron chi connectivity index (χ3n) is 4.45. The molecule has 30 heavy (non-hydrogen) atoms. The Hall–Kier alpha value is -2.34. The number of carbonyl (C=O) groups is 1. The minimum Gasteiger partial charge on any atom is -0.489 e. The van der Waals surface area contributed by atoms with Gasteiger partial charge in [-0.05, 0) is 48.9 Å². The van der Waals surface area contributed by atoms with E-state index in [1.807, 2.05) is 0 Å². The van der Waals surface area contributed by atoms with Crippen LogP contribution in [0.5, 0.6) is 5.75 Å². The smallest absolute Gasteiger partial charge is 0.432 e. The number of hydrogen-bond acceptors (Lipinski definition) is 7. The van der Waals surface area contributed by atoms with E-state index in [0.717, 1.165) is 9.87 Å². The van der Waals surface area contributed by atoms with E-state index >= 15 is 0 Å². The number of hydroxylamine groups is 1. The number of halogens is 1. The van der Waals surface area contributed by atoms with Crippen LogP contribution < -0.4 is 10.2 Å². The summed E-state index contributed by atoms with van der Waals surface area (Å²) in [5.74, 6) is 0.658. The Balaban J connectivity index is 1.73. The van der Waals surface area contributed by atoms with Crippen molar-refractivity contribution in [3.63, 3.8) is 0 Å². The maximum atomic E-state index is 13.1. The van der Waals surface area contributed by atoms with Gasteiger partial charge in [-0.1, -0.05) is 12.1 Å². The number of amides is 1. The first-order chi connectivity index (χ1) is 14.3. The lowest BCUT2D eigenvalue weighted by Gasteiger charge is -2.37. The third kappa shape index (κ3) is 5.22. The normalized spacial score (nSPS) is 19.8. The highest BCUT2D eigenvalue weighted by atomic mass is 32.2. The Kier molecular flexibility index (Phi) is 7.19. The van der Waals surface area contributed by atoms with Gasteiger partial charge in [-0.15, -0.1) is 0 Å². The van der Waals surface area contributed by atoms with E-state index in [2.05, 4.69) is 0 Å². The molecule has 0 saturated carbocycles. The average Bonchev–Trinajstić information content (AvgIpc) is 2.74. The molecular weight excluding hydrogens is 435 g/mol. The van der Waals surface area contributed by atoms with Crippen molar-refractivity contribution < 1.29 is 32.3 Å². The SMILES string of the molecule is C[C@@H]1SCCN(S(=O)(=O)c2ccc(OCc3ccc(F)cc3)cc2)[C@H]1OC(=O)NO. The van der Waals surface area contributed by atoms with Gasteiger partial charge < -0.3 is 9.47 Å². The van der Waals surface area contributed by atoms with Gasteiger partial charge in [0.25, 0.3) is 0 Å². The van der Waals surface area contributed by atoms with Crippen molar-refractivity contribution in [2.24, 2.45) is 0 Å². The summed E-state index contributed by atoms with van der Waals surface area (Å²) in [5.41, 5.74) is 2.13. The van der Waals surface area contributed by atoms with Crippen molar-refractivity contribution in [1.82, 2.24) is 9.79 Å². The highest BCUT2D eigenvalue weighted by Crippen LogP contribution is 2.31. The monoisotopic (exact) mass is 456 g/mol. The molecule has 0 spiro atoms. The zero-order valence-corrected chi connectivity index (χ0v) is 17.7. The van der Waals surface area contributed by atoms with E-state index in [0.29, 0.717) is 11.5 Å². The maximum absolute atomic E-state index is 13.1. The van der Waals surface area contributed by atoms with E-state index < -0.39 is 22.3 Å². The fourth-order valence-corrected chi connectivity index (χ4v) is 5.73. The second-order valence-corrected chi connectivity index (χ2v) is 9.86. The molecule has 0 aliphatic carbocycles. The molecule has 0 aromatic heterocycles. The number of benzene rings is 2. The summed E-state index contributed by atoms with van der Waals surface area (Å²) >= 11 is 1.47. The minimum atomic E-state index is -3.95. The topological polar surface area (TPSA) is 105 Å². The van der Waals surface area contributed by atoms with E-state index in [9.17, 15) is 17.6 Å². The van der Waals surface area contributed by atoms with Crippen LogP contribution in [0.2, 0.25) is 0 Å². The van der Waals surface area contributed by atoms with Crippen LogP contribution in [0.15, 0.2) is 53.4 Å². The van der Waals surface area contributed by atoms with Crippen molar-refractivity contribution >= 4 is 27.9 Å². The van der Waals surface area contributed by atoms with Gasteiger partial charge in [-0.25, -0.2) is 23.1 Å². The van der Waals surface area contributed by atoms with Crippen LogP contribution in [0.3, 0.4) is 0 Å². The predicted molar refractivity (Wildman–Crippen MR) is 108 cm³/mol. The molecular formula is C19H21FN2O6S2. The molecule has 1 aliphatic heterocycles. The fraction of sp³-hybridized carbons (Fsp3) is 0.316. The van der Waals surface area contributed by atoms with Gasteiger partial charge in [0.05, 0.1) is 10.1 Å². The second-order valence-electron chi connectivity index (χ2n) is 6.49. The summed E-state index contributed by atoms with van der Waals surface area (Å²) in [6.45, 7) is 2.11. The summed E-state index contributed by atoms with van der Waals surface area (Å²) < 4.78 is 50.9. The first kappa shape index (κ1) is 22.3. The largest absolute Gasteiger partial charge is 0.489 e. The van der Waals surface area contributed by atoms with Crippen molar-refractivity contribution in [3.8, 4) is 5.75 Å². The van der Waals surface area contributed by atoms with Crippen molar-refractivity contribution in [3.05, 3.63) is 59.9 Å². The molecule has 8 nitrogen and oxygen atoms in total. The number of nitrogens with zero attached hydrogens (tertiary/aromatic N) is 1. The number of ether oxygens (including phenoxy) is 2. The molecule has 11 heteroatoms. The molecule has 2 aromatic rings. The molecule has 0 unspecified atom stereocenters. The van der Waals surface area contributed by atoms with Crippen LogP contribution in [0.1, 0.15) is 12.5 Å². The van der Waals surface area contributed by atoms with Gasteiger partial charge in [-0.2, -0.15) is 16.1 Å². The summed E-state index contributed by atoms with van der Waals surface area (Å²) in [6, 6.07) is 11.7. The lowest BCUT2D eigenvalue weighted by molar-refractivity contribution is 0.00883. The molecule has 0 radical (unpaired) electrons. The average molecular weight is 457 g/mol. The molecule has 2 aromatic carbocycles. The standard InChI is InChI=1S/C19H21FN2O6S2/c1-13-18(28-19(23)21-24)22(10-11-29-13)30(25,26)17-8-6-16(7-9-17)27-12-14-2-4-15(20)5-3-14/h2-9,13,18,24H,10-12H2,1H3,(H,21,23)/t13-,18-/m0/s1. The second kappa shape index (κ2) is 9.65. The molecule has 1 heterocycles. The summed E-state index contributed by atoms with van der Waals surface area (Å²) in [5, 5.41) is 8.39. The van der Waals surface area contributed by atoms with Gasteiger partial charge in [0, 0.05) is 12.3 Å². The Labute approximate surface area is 178 Å². The van der Waals surface area contributed by atoms with E-state index in [1.54, 1.807) is 19.1 Å². The Morgan fingerprint density at radius 3 is 2.53 bits per heavy atom. The number of carbonyl (C=O) groups excluding carboxylic acids is 1. The number of thioether (sulfide) groups is 1. The van der Waals surface area contributed by atoms with Gasteiger partial charge >= 0.3 is 6.09 Å². The van der Waals surface area contributed by atoms with Crippen molar-refractivity contribution in [2.75, 3.05) is 12.3 Å². The lowest BCUT2D eigenvalue weighted by Crippen LogP contribution is -2.52. The number of sulfonamides is 1. The molecule has 1 aliphatic rings. The highest BCUT2D eigenvalue weighted by Gasteiger charge is 2.40.